The third-order valence-electron chi connectivity index (χ3n) is 0.0825. The van der Waals surface area contributed by atoms with Crippen molar-refractivity contribution >= 4 is 50.1 Å². The van der Waals surface area contributed by atoms with E-state index in [1.807, 2.05) is 0 Å². The molecule has 0 saturated carbocycles. The zero-order valence-corrected chi connectivity index (χ0v) is 6.71. The fraction of sp³-hybridized carbons (Fsp3) is 0. The molecule has 0 fully saturated rings. The molecule has 0 aliphatic heterocycles. The van der Waals surface area contributed by atoms with Crippen molar-refractivity contribution < 1.29 is 0 Å². The monoisotopic (exact) mass is 266 g/mol. The summed E-state index contributed by atoms with van der Waals surface area (Å²) in [6, 6.07) is 0. The second-order valence-corrected chi connectivity index (χ2v) is 4.12. The molecule has 0 N–H and O–H groups in total. The van der Waals surface area contributed by atoms with E-state index in [0.717, 1.165) is 2.49 Å². The van der Waals surface area contributed by atoms with Gasteiger partial charge >= 0.3 is 0 Å². The molecule has 3 heteroatoms. The highest BCUT2D eigenvalue weighted by Crippen LogP contribution is 2.13. The molecule has 0 rings (SSSR count). The number of hydrogen-bond acceptors (Lipinski definition) is 0. The van der Waals surface area contributed by atoms with Crippen molar-refractivity contribution in [2.75, 3.05) is 0 Å². The first kappa shape index (κ1) is 6.24. The van der Waals surface area contributed by atoms with Crippen molar-refractivity contribution in [3.05, 3.63) is 8.02 Å². The summed E-state index contributed by atoms with van der Waals surface area (Å²) in [4.78, 5) is 0. The fourth-order valence-corrected chi connectivity index (χ4v) is 0. The first-order valence-corrected chi connectivity index (χ1v) is 3.19. The van der Waals surface area contributed by atoms with E-state index < -0.39 is 0 Å². The van der Waals surface area contributed by atoms with Gasteiger partial charge in [0.25, 0.3) is 0 Å². The zero-order valence-electron chi connectivity index (χ0n) is 2.21. The summed E-state index contributed by atoms with van der Waals surface area (Å²) in [5, 5.41) is 0. The minimum Gasteiger partial charge on any atom is -0.0912 e. The van der Waals surface area contributed by atoms with Crippen LogP contribution in [0.3, 0.4) is 0 Å². The maximum absolute atomic E-state index is 5.12. The molecule has 0 aromatic heterocycles. The van der Waals surface area contributed by atoms with E-state index in [1.165, 1.54) is 5.54 Å². The van der Waals surface area contributed by atoms with Crippen LogP contribution in [0.25, 0.3) is 0 Å². The van der Waals surface area contributed by atoms with E-state index in [9.17, 15) is 0 Å². The summed E-state index contributed by atoms with van der Waals surface area (Å²) in [5.41, 5.74) is 1.46. The van der Waals surface area contributed by atoms with E-state index in [-0.39, 0.29) is 0 Å². The quantitative estimate of drug-likeness (QED) is 0.592. The van der Waals surface area contributed by atoms with Crippen molar-refractivity contribution in [1.82, 2.24) is 0 Å². The van der Waals surface area contributed by atoms with Crippen LogP contribution in [0.4, 0.5) is 0 Å². The van der Waals surface area contributed by atoms with Gasteiger partial charge in [-0.3, -0.25) is 0 Å². The Morgan fingerprint density at radius 1 is 2.00 bits per heavy atom. The molecular weight excluding hydrogens is 266 g/mol. The van der Waals surface area contributed by atoms with Crippen LogP contribution in [0.2, 0.25) is 0 Å². The first-order chi connectivity index (χ1) is 2.27. The molecule has 0 spiro atoms. The topological polar surface area (TPSA) is 0 Å². The molecule has 0 heterocycles. The molecule has 0 radical (unpaired) electrons. The molecule has 0 aromatic carbocycles. The molecule has 0 aromatic rings. The Labute approximate surface area is 57.8 Å². The lowest BCUT2D eigenvalue weighted by molar-refractivity contribution is 2.53. The minimum absolute atomic E-state index is 0.928. The highest BCUT2D eigenvalue weighted by molar-refractivity contribution is 14.1. The summed E-state index contributed by atoms with van der Waals surface area (Å²) in [6.07, 6.45) is 0. The van der Waals surface area contributed by atoms with Crippen molar-refractivity contribution in [3.8, 4) is 0 Å². The Morgan fingerprint density at radius 3 is 2.20 bits per heavy atom. The fourth-order valence-electron chi connectivity index (χ4n) is 0. The van der Waals surface area contributed by atoms with Gasteiger partial charge in [-0.15, -0.1) is 0 Å². The molecule has 30 valence electrons. The molecule has 5 heavy (non-hydrogen) atoms. The summed E-state index contributed by atoms with van der Waals surface area (Å²) in [7, 11) is 0. The highest BCUT2D eigenvalue weighted by Gasteiger charge is 1.69. The third-order valence-corrected chi connectivity index (χ3v) is 1.47. The third kappa shape index (κ3) is 5.24. The Bertz CT molecular complexity index is 47.6. The van der Waals surface area contributed by atoms with Crippen LogP contribution in [0.5, 0.6) is 0 Å². The van der Waals surface area contributed by atoms with Crippen LogP contribution in [0.1, 0.15) is 0 Å². The normalized spacial score (nSPS) is 12.2. The number of rotatable bonds is 0. The molecule has 0 unspecified atom stereocenters. The van der Waals surface area contributed by atoms with Crippen molar-refractivity contribution in [1.29, 1.82) is 0 Å². The lowest BCUT2D eigenvalue weighted by Crippen LogP contribution is -1.30. The SMILES string of the molecule is ClC=C(Br)I. The van der Waals surface area contributed by atoms with Gasteiger partial charge in [0.05, 0.1) is 2.49 Å². The molecule has 0 bridgehead atoms. The van der Waals surface area contributed by atoms with Gasteiger partial charge < -0.3 is 0 Å². The Kier molecular flexibility index (Phi) is 4.28. The van der Waals surface area contributed by atoms with Crippen LogP contribution in [0.15, 0.2) is 8.02 Å². The van der Waals surface area contributed by atoms with E-state index in [1.54, 1.807) is 0 Å². The lowest BCUT2D eigenvalue weighted by Gasteiger charge is -1.65. The molecule has 0 amide bonds. The van der Waals surface area contributed by atoms with Gasteiger partial charge in [-0.05, 0) is 38.5 Å². The first-order valence-electron chi connectivity index (χ1n) is 0.885. The van der Waals surface area contributed by atoms with Crippen molar-refractivity contribution in [3.63, 3.8) is 0 Å². The summed E-state index contributed by atoms with van der Waals surface area (Å²) >= 11 is 10.3. The lowest BCUT2D eigenvalue weighted by atomic mass is 11.3. The zero-order chi connectivity index (χ0) is 4.28. The Balaban J connectivity index is 3.14. The van der Waals surface area contributed by atoms with Gasteiger partial charge in [-0.2, -0.15) is 0 Å². The summed E-state index contributed by atoms with van der Waals surface area (Å²) < 4.78 is 0.928. The van der Waals surface area contributed by atoms with Crippen LogP contribution in [-0.4, -0.2) is 0 Å². The second kappa shape index (κ2) is 3.43. The molecule has 0 nitrogen and oxygen atoms in total. The van der Waals surface area contributed by atoms with Crippen LogP contribution in [-0.2, 0) is 0 Å². The van der Waals surface area contributed by atoms with E-state index in [4.69, 9.17) is 11.6 Å². The molecule has 0 aliphatic rings. The number of halogens is 3. The predicted molar refractivity (Wildman–Crippen MR) is 36.9 cm³/mol. The molecule has 0 saturated heterocycles. The second-order valence-electron chi connectivity index (χ2n) is 0.399. The standard InChI is InChI=1S/C2HBrClI/c3-2(5)1-4/h1H. The molecular formula is C2HBrClI. The largest absolute Gasteiger partial charge is 0.0912 e. The highest BCUT2D eigenvalue weighted by atomic mass is 127. The summed E-state index contributed by atoms with van der Waals surface area (Å²) in [5.74, 6) is 0. The van der Waals surface area contributed by atoms with Crippen LogP contribution < -0.4 is 0 Å². The minimum atomic E-state index is 0.928. The van der Waals surface area contributed by atoms with Gasteiger partial charge in [0.2, 0.25) is 0 Å². The smallest absolute Gasteiger partial charge is 0.0671 e. The predicted octanol–water partition coefficient (Wildman–Crippen LogP) is 2.85. The van der Waals surface area contributed by atoms with Crippen molar-refractivity contribution in [2.24, 2.45) is 0 Å². The van der Waals surface area contributed by atoms with Gasteiger partial charge in [0.15, 0.2) is 0 Å². The Hall–Kier alpha value is 1.24. The van der Waals surface area contributed by atoms with Crippen LogP contribution >= 0.6 is 50.1 Å². The van der Waals surface area contributed by atoms with E-state index in [0.29, 0.717) is 0 Å². The van der Waals surface area contributed by atoms with Gasteiger partial charge in [-0.1, -0.05) is 11.6 Å². The van der Waals surface area contributed by atoms with Crippen LogP contribution in [0, 0.1) is 0 Å². The molecule has 0 atom stereocenters. The summed E-state index contributed by atoms with van der Waals surface area (Å²) in [6.45, 7) is 0. The van der Waals surface area contributed by atoms with E-state index in [2.05, 4.69) is 38.5 Å². The number of hydrogen-bond donors (Lipinski definition) is 0. The van der Waals surface area contributed by atoms with E-state index >= 15 is 0 Å². The Morgan fingerprint density at radius 2 is 2.20 bits per heavy atom. The van der Waals surface area contributed by atoms with Gasteiger partial charge in [0.1, 0.15) is 0 Å². The van der Waals surface area contributed by atoms with Gasteiger partial charge in [-0.25, -0.2) is 0 Å². The maximum Gasteiger partial charge on any atom is 0.0671 e. The average Bonchev–Trinajstić information content (AvgIpc) is 1.38. The molecule has 0 aliphatic carbocycles. The van der Waals surface area contributed by atoms with Crippen molar-refractivity contribution in [2.45, 2.75) is 0 Å². The maximum atomic E-state index is 5.12. The average molecular weight is 267 g/mol. The van der Waals surface area contributed by atoms with Gasteiger partial charge in [0, 0.05) is 5.54 Å².